The summed E-state index contributed by atoms with van der Waals surface area (Å²) in [6, 6.07) is 12.3. The summed E-state index contributed by atoms with van der Waals surface area (Å²) >= 11 is 0. The van der Waals surface area contributed by atoms with Gasteiger partial charge in [0.05, 0.1) is 30.6 Å². The van der Waals surface area contributed by atoms with Crippen LogP contribution in [0.1, 0.15) is 30.2 Å². The van der Waals surface area contributed by atoms with Crippen molar-refractivity contribution in [1.82, 2.24) is 14.5 Å². The molecule has 0 unspecified atom stereocenters. The van der Waals surface area contributed by atoms with E-state index in [1.807, 2.05) is 31.2 Å². The van der Waals surface area contributed by atoms with Crippen LogP contribution in [0.15, 0.2) is 51.8 Å². The van der Waals surface area contributed by atoms with E-state index in [2.05, 4.69) is 10.2 Å². The van der Waals surface area contributed by atoms with Crippen LogP contribution in [0.25, 0.3) is 11.5 Å². The zero-order valence-electron chi connectivity index (χ0n) is 17.7. The molecule has 31 heavy (non-hydrogen) atoms. The quantitative estimate of drug-likeness (QED) is 0.574. The third-order valence-electron chi connectivity index (χ3n) is 5.52. The highest BCUT2D eigenvalue weighted by Crippen LogP contribution is 2.34. The van der Waals surface area contributed by atoms with Crippen molar-refractivity contribution < 1.29 is 22.3 Å². The van der Waals surface area contributed by atoms with Crippen molar-refractivity contribution in [1.29, 1.82) is 0 Å². The van der Waals surface area contributed by atoms with Crippen molar-refractivity contribution in [3.63, 3.8) is 0 Å². The van der Waals surface area contributed by atoms with Gasteiger partial charge in [0.15, 0.2) is 0 Å². The van der Waals surface area contributed by atoms with Gasteiger partial charge in [0.1, 0.15) is 11.5 Å². The molecule has 9 heteroatoms. The summed E-state index contributed by atoms with van der Waals surface area (Å²) in [5, 5.41) is 8.38. The maximum absolute atomic E-state index is 13.2. The summed E-state index contributed by atoms with van der Waals surface area (Å²) in [5.74, 6) is 1.93. The maximum atomic E-state index is 13.2. The van der Waals surface area contributed by atoms with Gasteiger partial charge in [-0.25, -0.2) is 8.42 Å². The molecule has 0 radical (unpaired) electrons. The van der Waals surface area contributed by atoms with E-state index in [0.717, 1.165) is 12.0 Å². The molecule has 0 spiro atoms. The average Bonchev–Trinajstić information content (AvgIpc) is 3.29. The number of rotatable bonds is 6. The molecule has 2 heterocycles. The Balaban J connectivity index is 1.56. The molecule has 1 aliphatic rings. The molecule has 2 aromatic carbocycles. The fourth-order valence-electron chi connectivity index (χ4n) is 3.85. The smallest absolute Gasteiger partial charge is 0.251 e. The molecule has 1 saturated heterocycles. The van der Waals surface area contributed by atoms with Crippen molar-refractivity contribution in [3.8, 4) is 23.0 Å². The van der Waals surface area contributed by atoms with Gasteiger partial charge in [-0.2, -0.15) is 4.31 Å². The molecule has 1 atom stereocenters. The zero-order chi connectivity index (χ0) is 22.0. The molecule has 4 rings (SSSR count). The third-order valence-corrected chi connectivity index (χ3v) is 7.38. The molecule has 1 aromatic heterocycles. The molecule has 0 bridgehead atoms. The fraction of sp³-hybridized carbons (Fsp3) is 0.364. The number of sulfonamides is 1. The highest BCUT2D eigenvalue weighted by Gasteiger charge is 2.33. The normalized spacial score (nSPS) is 17.5. The van der Waals surface area contributed by atoms with E-state index in [-0.39, 0.29) is 10.8 Å². The van der Waals surface area contributed by atoms with Crippen LogP contribution in [0, 0.1) is 6.92 Å². The van der Waals surface area contributed by atoms with Crippen LogP contribution in [0.5, 0.6) is 11.5 Å². The Bertz CT molecular complexity index is 1180. The molecule has 0 saturated carbocycles. The van der Waals surface area contributed by atoms with E-state index in [9.17, 15) is 8.42 Å². The summed E-state index contributed by atoms with van der Waals surface area (Å²) in [5.41, 5.74) is 1.48. The summed E-state index contributed by atoms with van der Waals surface area (Å²) in [6.07, 6.45) is 1.49. The molecule has 1 aliphatic heterocycles. The largest absolute Gasteiger partial charge is 0.496 e. The van der Waals surface area contributed by atoms with Gasteiger partial charge >= 0.3 is 0 Å². The van der Waals surface area contributed by atoms with Gasteiger partial charge in [-0.1, -0.05) is 12.1 Å². The SMILES string of the molecule is COc1ccc(S(=O)(=O)N2CCC[C@H](c3nnc(-c4ccccc4OC)o3)C2)cc1C. The average molecular weight is 444 g/mol. The standard InChI is InChI=1S/C22H25N3O5S/c1-15-13-17(10-11-19(15)28-2)31(26,27)25-12-6-7-16(14-25)21-23-24-22(30-21)18-8-4-5-9-20(18)29-3/h4-5,8-11,13,16H,6-7,12,14H2,1-3H3/t16-/m0/s1. The first-order chi connectivity index (χ1) is 14.9. The van der Waals surface area contributed by atoms with E-state index in [1.54, 1.807) is 32.4 Å². The van der Waals surface area contributed by atoms with Crippen LogP contribution in [0.3, 0.4) is 0 Å². The number of methoxy groups -OCH3 is 2. The lowest BCUT2D eigenvalue weighted by molar-refractivity contribution is 0.286. The predicted octanol–water partition coefficient (Wildman–Crippen LogP) is 3.63. The molecule has 3 aromatic rings. The minimum Gasteiger partial charge on any atom is -0.496 e. The first-order valence-corrected chi connectivity index (χ1v) is 11.5. The number of piperidine rings is 1. The minimum atomic E-state index is -3.64. The predicted molar refractivity (Wildman–Crippen MR) is 115 cm³/mol. The van der Waals surface area contributed by atoms with Gasteiger partial charge in [-0.15, -0.1) is 10.2 Å². The second kappa shape index (κ2) is 8.68. The van der Waals surface area contributed by atoms with Crippen molar-refractivity contribution in [2.24, 2.45) is 0 Å². The Labute approximate surface area is 181 Å². The summed E-state index contributed by atoms with van der Waals surface area (Å²) in [4.78, 5) is 0.256. The molecule has 164 valence electrons. The number of nitrogens with zero attached hydrogens (tertiary/aromatic N) is 3. The molecular weight excluding hydrogens is 418 g/mol. The highest BCUT2D eigenvalue weighted by atomic mass is 32.2. The number of ether oxygens (including phenoxy) is 2. The van der Waals surface area contributed by atoms with Gasteiger partial charge in [-0.3, -0.25) is 0 Å². The van der Waals surface area contributed by atoms with Crippen LogP contribution in [-0.2, 0) is 10.0 Å². The van der Waals surface area contributed by atoms with Crippen LogP contribution < -0.4 is 9.47 Å². The van der Waals surface area contributed by atoms with Gasteiger partial charge in [0.25, 0.3) is 5.89 Å². The van der Waals surface area contributed by atoms with Crippen molar-refractivity contribution >= 4 is 10.0 Å². The number of hydrogen-bond donors (Lipinski definition) is 0. The maximum Gasteiger partial charge on any atom is 0.251 e. The summed E-state index contributed by atoms with van der Waals surface area (Å²) in [7, 11) is -0.489. The van der Waals surface area contributed by atoms with Crippen LogP contribution in [-0.4, -0.2) is 50.2 Å². The van der Waals surface area contributed by atoms with Crippen LogP contribution in [0.4, 0.5) is 0 Å². The number of aryl methyl sites for hydroxylation is 1. The molecule has 0 N–H and O–H groups in total. The second-order valence-corrected chi connectivity index (χ2v) is 9.42. The van der Waals surface area contributed by atoms with Gasteiger partial charge in [0, 0.05) is 13.1 Å². The molecule has 8 nitrogen and oxygen atoms in total. The first kappa shape index (κ1) is 21.3. The Morgan fingerprint density at radius 3 is 2.58 bits per heavy atom. The third kappa shape index (κ3) is 4.15. The van der Waals surface area contributed by atoms with E-state index >= 15 is 0 Å². The Hall–Kier alpha value is -2.91. The molecule has 0 aliphatic carbocycles. The monoisotopic (exact) mass is 443 g/mol. The molecular formula is C22H25N3O5S. The minimum absolute atomic E-state index is 0.168. The molecule has 0 amide bonds. The number of para-hydroxylation sites is 1. The van der Waals surface area contributed by atoms with Crippen molar-refractivity contribution in [2.45, 2.75) is 30.6 Å². The van der Waals surface area contributed by atoms with E-state index in [4.69, 9.17) is 13.9 Å². The Morgan fingerprint density at radius 1 is 1.06 bits per heavy atom. The van der Waals surface area contributed by atoms with E-state index in [0.29, 0.717) is 48.4 Å². The zero-order valence-corrected chi connectivity index (χ0v) is 18.6. The number of benzene rings is 2. The Kier molecular flexibility index (Phi) is 5.97. The highest BCUT2D eigenvalue weighted by molar-refractivity contribution is 7.89. The lowest BCUT2D eigenvalue weighted by Crippen LogP contribution is -2.39. The van der Waals surface area contributed by atoms with Crippen LogP contribution >= 0.6 is 0 Å². The first-order valence-electron chi connectivity index (χ1n) is 10.1. The number of aromatic nitrogens is 2. The Morgan fingerprint density at radius 2 is 1.84 bits per heavy atom. The summed E-state index contributed by atoms with van der Waals surface area (Å²) in [6.45, 7) is 2.58. The van der Waals surface area contributed by atoms with E-state index in [1.165, 1.54) is 4.31 Å². The lowest BCUT2D eigenvalue weighted by Gasteiger charge is -2.30. The molecule has 1 fully saturated rings. The van der Waals surface area contributed by atoms with E-state index < -0.39 is 10.0 Å². The second-order valence-electron chi connectivity index (χ2n) is 7.48. The van der Waals surface area contributed by atoms with Gasteiger partial charge in [-0.05, 0) is 55.7 Å². The van der Waals surface area contributed by atoms with Gasteiger partial charge in [0.2, 0.25) is 15.9 Å². The van der Waals surface area contributed by atoms with Crippen molar-refractivity contribution in [2.75, 3.05) is 27.3 Å². The van der Waals surface area contributed by atoms with Gasteiger partial charge < -0.3 is 13.9 Å². The fourth-order valence-corrected chi connectivity index (χ4v) is 5.46. The van der Waals surface area contributed by atoms with Crippen LogP contribution in [0.2, 0.25) is 0 Å². The lowest BCUT2D eigenvalue weighted by atomic mass is 10.00. The topological polar surface area (TPSA) is 94.8 Å². The number of hydrogen-bond acceptors (Lipinski definition) is 7. The van der Waals surface area contributed by atoms with Crippen molar-refractivity contribution in [3.05, 3.63) is 53.9 Å². The summed E-state index contributed by atoms with van der Waals surface area (Å²) < 4.78 is 44.5.